The second kappa shape index (κ2) is 8.80. The van der Waals surface area contributed by atoms with Crippen LogP contribution in [0.15, 0.2) is 42.5 Å². The largest absolute Gasteiger partial charge is 0.496 e. The maximum Gasteiger partial charge on any atom is 0.220 e. The highest BCUT2D eigenvalue weighted by Gasteiger charge is 2.07. The van der Waals surface area contributed by atoms with E-state index in [2.05, 4.69) is 5.32 Å². The number of rotatable bonds is 7. The normalized spacial score (nSPS) is 10.4. The minimum Gasteiger partial charge on any atom is -0.496 e. The average molecular weight is 352 g/mol. The molecular weight excluding hydrogens is 333 g/mol. The topological polar surface area (TPSA) is 38.3 Å². The van der Waals surface area contributed by atoms with E-state index in [4.69, 9.17) is 27.9 Å². The van der Waals surface area contributed by atoms with Crippen LogP contribution in [0.25, 0.3) is 0 Å². The summed E-state index contributed by atoms with van der Waals surface area (Å²) in [6.45, 7) is 0.548. The number of aryl methyl sites for hydroxylation is 1. The molecule has 23 heavy (non-hydrogen) atoms. The quantitative estimate of drug-likeness (QED) is 0.807. The molecule has 0 aliphatic rings. The van der Waals surface area contributed by atoms with Crippen molar-refractivity contribution < 1.29 is 9.53 Å². The molecule has 0 aromatic heterocycles. The van der Waals surface area contributed by atoms with E-state index in [0.717, 1.165) is 16.9 Å². The summed E-state index contributed by atoms with van der Waals surface area (Å²) in [5.74, 6) is 0.828. The number of nitrogens with one attached hydrogen (secondary N) is 1. The van der Waals surface area contributed by atoms with Gasteiger partial charge in [-0.15, -0.1) is 0 Å². The monoisotopic (exact) mass is 351 g/mol. The van der Waals surface area contributed by atoms with Crippen molar-refractivity contribution in [2.24, 2.45) is 0 Å². The Morgan fingerprint density at radius 2 is 1.87 bits per heavy atom. The lowest BCUT2D eigenvalue weighted by Gasteiger charge is -2.09. The molecule has 0 radical (unpaired) electrons. The van der Waals surface area contributed by atoms with E-state index in [1.54, 1.807) is 19.2 Å². The molecule has 0 bridgehead atoms. The first-order chi connectivity index (χ1) is 11.1. The number of hydrogen-bond acceptors (Lipinski definition) is 2. The Morgan fingerprint density at radius 3 is 2.61 bits per heavy atom. The summed E-state index contributed by atoms with van der Waals surface area (Å²) in [6, 6.07) is 13.1. The van der Waals surface area contributed by atoms with Crippen molar-refractivity contribution in [2.75, 3.05) is 13.7 Å². The number of carbonyl (C=O) groups is 1. The summed E-state index contributed by atoms with van der Waals surface area (Å²) in [5, 5.41) is 4.15. The lowest BCUT2D eigenvalue weighted by atomic mass is 10.1. The fourth-order valence-corrected chi connectivity index (χ4v) is 2.81. The molecule has 2 rings (SSSR count). The standard InChI is InChI=1S/C18H19Cl2NO2/c1-23-17-5-3-2-4-14(17)7-9-18(22)21-11-10-13-6-8-15(19)12-16(13)20/h2-6,8,12H,7,9-11H2,1H3,(H,21,22). The van der Waals surface area contributed by atoms with Gasteiger partial charge in [0.15, 0.2) is 0 Å². The Hall–Kier alpha value is -1.71. The molecule has 5 heteroatoms. The van der Waals surface area contributed by atoms with Crippen molar-refractivity contribution in [3.8, 4) is 5.75 Å². The van der Waals surface area contributed by atoms with Crippen molar-refractivity contribution in [2.45, 2.75) is 19.3 Å². The zero-order valence-electron chi connectivity index (χ0n) is 12.9. The first kappa shape index (κ1) is 17.6. The summed E-state index contributed by atoms with van der Waals surface area (Å²) in [6.07, 6.45) is 1.75. The minimum absolute atomic E-state index is 0.0148. The van der Waals surface area contributed by atoms with Crippen LogP contribution in [0.1, 0.15) is 17.5 Å². The van der Waals surface area contributed by atoms with Crippen LogP contribution < -0.4 is 10.1 Å². The molecule has 2 aromatic rings. The van der Waals surface area contributed by atoms with E-state index in [1.807, 2.05) is 30.3 Å². The molecule has 2 aromatic carbocycles. The van der Waals surface area contributed by atoms with Gasteiger partial charge in [0.1, 0.15) is 5.75 Å². The lowest BCUT2D eigenvalue weighted by molar-refractivity contribution is -0.121. The van der Waals surface area contributed by atoms with Gasteiger partial charge in [-0.2, -0.15) is 0 Å². The third-order valence-electron chi connectivity index (χ3n) is 3.55. The Kier molecular flexibility index (Phi) is 6.75. The first-order valence-electron chi connectivity index (χ1n) is 7.42. The molecule has 0 aliphatic heterocycles. The third kappa shape index (κ3) is 5.45. The number of halogens is 2. The van der Waals surface area contributed by atoms with Crippen LogP contribution in [0.4, 0.5) is 0 Å². The predicted octanol–water partition coefficient (Wildman–Crippen LogP) is 4.29. The molecule has 0 saturated heterocycles. The fourth-order valence-electron chi connectivity index (χ4n) is 2.31. The zero-order chi connectivity index (χ0) is 16.7. The lowest BCUT2D eigenvalue weighted by Crippen LogP contribution is -2.26. The highest BCUT2D eigenvalue weighted by atomic mass is 35.5. The predicted molar refractivity (Wildman–Crippen MR) is 94.5 cm³/mol. The van der Waals surface area contributed by atoms with Crippen LogP contribution in [0, 0.1) is 0 Å². The van der Waals surface area contributed by atoms with Gasteiger partial charge in [-0.25, -0.2) is 0 Å². The summed E-state index contributed by atoms with van der Waals surface area (Å²) >= 11 is 12.0. The van der Waals surface area contributed by atoms with E-state index in [1.165, 1.54) is 0 Å². The van der Waals surface area contributed by atoms with Crippen molar-refractivity contribution in [1.29, 1.82) is 0 Å². The second-order valence-corrected chi connectivity index (χ2v) is 5.99. The highest BCUT2D eigenvalue weighted by molar-refractivity contribution is 6.35. The molecule has 0 fully saturated rings. The van der Waals surface area contributed by atoms with Gasteiger partial charge in [-0.3, -0.25) is 4.79 Å². The maximum absolute atomic E-state index is 11.9. The van der Waals surface area contributed by atoms with Crippen LogP contribution in [-0.2, 0) is 17.6 Å². The van der Waals surface area contributed by atoms with E-state index < -0.39 is 0 Å². The molecule has 0 heterocycles. The number of ether oxygens (including phenoxy) is 1. The molecule has 0 atom stereocenters. The number of methoxy groups -OCH3 is 1. The van der Waals surface area contributed by atoms with E-state index in [9.17, 15) is 4.79 Å². The molecule has 1 N–H and O–H groups in total. The van der Waals surface area contributed by atoms with E-state index >= 15 is 0 Å². The van der Waals surface area contributed by atoms with Gasteiger partial charge in [0, 0.05) is 23.0 Å². The van der Waals surface area contributed by atoms with Crippen LogP contribution in [0.3, 0.4) is 0 Å². The third-order valence-corrected chi connectivity index (χ3v) is 4.13. The SMILES string of the molecule is COc1ccccc1CCC(=O)NCCc1ccc(Cl)cc1Cl. The highest BCUT2D eigenvalue weighted by Crippen LogP contribution is 2.21. The van der Waals surface area contributed by atoms with E-state index in [0.29, 0.717) is 35.9 Å². The van der Waals surface area contributed by atoms with Crippen molar-refractivity contribution >= 4 is 29.1 Å². The molecule has 3 nitrogen and oxygen atoms in total. The number of amides is 1. The van der Waals surface area contributed by atoms with Gasteiger partial charge in [0.25, 0.3) is 0 Å². The Morgan fingerprint density at radius 1 is 1.09 bits per heavy atom. The van der Waals surface area contributed by atoms with Crippen molar-refractivity contribution in [3.05, 3.63) is 63.6 Å². The van der Waals surface area contributed by atoms with Gasteiger partial charge in [-0.1, -0.05) is 47.5 Å². The molecule has 0 saturated carbocycles. The number of carbonyl (C=O) groups excluding carboxylic acids is 1. The molecule has 0 unspecified atom stereocenters. The van der Waals surface area contributed by atoms with Gasteiger partial charge in [0.2, 0.25) is 5.91 Å². The summed E-state index contributed by atoms with van der Waals surface area (Å²) in [4.78, 5) is 11.9. The second-order valence-electron chi connectivity index (χ2n) is 5.15. The molecule has 0 aliphatic carbocycles. The number of benzene rings is 2. The van der Waals surface area contributed by atoms with Gasteiger partial charge in [-0.05, 0) is 42.2 Å². The molecule has 0 spiro atoms. The van der Waals surface area contributed by atoms with Crippen LogP contribution in [0.2, 0.25) is 10.0 Å². The Balaban J connectivity index is 1.77. The van der Waals surface area contributed by atoms with Crippen molar-refractivity contribution in [3.63, 3.8) is 0 Å². The maximum atomic E-state index is 11.9. The van der Waals surface area contributed by atoms with Crippen LogP contribution in [0.5, 0.6) is 5.75 Å². The number of hydrogen-bond donors (Lipinski definition) is 1. The Labute approximate surface area is 146 Å². The van der Waals surface area contributed by atoms with Crippen molar-refractivity contribution in [1.82, 2.24) is 5.32 Å². The zero-order valence-corrected chi connectivity index (χ0v) is 14.5. The minimum atomic E-state index is 0.0148. The van der Waals surface area contributed by atoms with Crippen LogP contribution >= 0.6 is 23.2 Å². The molecular formula is C18H19Cl2NO2. The molecule has 1 amide bonds. The van der Waals surface area contributed by atoms with Gasteiger partial charge in [0.05, 0.1) is 7.11 Å². The molecule has 122 valence electrons. The summed E-state index contributed by atoms with van der Waals surface area (Å²) in [5.41, 5.74) is 2.01. The van der Waals surface area contributed by atoms with Gasteiger partial charge < -0.3 is 10.1 Å². The fraction of sp³-hybridized carbons (Fsp3) is 0.278. The van der Waals surface area contributed by atoms with Crippen LogP contribution in [-0.4, -0.2) is 19.6 Å². The number of para-hydroxylation sites is 1. The summed E-state index contributed by atoms with van der Waals surface area (Å²) < 4.78 is 5.28. The smallest absolute Gasteiger partial charge is 0.220 e. The first-order valence-corrected chi connectivity index (χ1v) is 8.18. The average Bonchev–Trinajstić information content (AvgIpc) is 2.55. The van der Waals surface area contributed by atoms with Gasteiger partial charge >= 0.3 is 0 Å². The van der Waals surface area contributed by atoms with E-state index in [-0.39, 0.29) is 5.91 Å². The Bertz CT molecular complexity index is 674. The summed E-state index contributed by atoms with van der Waals surface area (Å²) in [7, 11) is 1.63.